The Hall–Kier alpha value is -2.08. The van der Waals surface area contributed by atoms with Gasteiger partial charge in [0.25, 0.3) is 0 Å². The third-order valence-electron chi connectivity index (χ3n) is 3.26. The molecule has 0 radical (unpaired) electrons. The lowest BCUT2D eigenvalue weighted by atomic mass is 10.1. The second kappa shape index (κ2) is 6.58. The monoisotopic (exact) mass is 307 g/mol. The Bertz CT molecular complexity index is 600. The van der Waals surface area contributed by atoms with Crippen molar-refractivity contribution >= 4 is 23.5 Å². The minimum absolute atomic E-state index is 0.00973. The standard InChI is InChI=1S/C14H18ClN5O/c1-9(10-7-5-6-8-11(10)15)20(3)13-17-12(16-2)18-14(19-13)21-4/h5-9H,1-4H3,(H,16,17,18,19). The lowest BCUT2D eigenvalue weighted by Crippen LogP contribution is -2.24. The first-order valence-corrected chi connectivity index (χ1v) is 6.89. The van der Waals surface area contributed by atoms with Crippen LogP contribution in [0, 0.1) is 0 Å². The van der Waals surface area contributed by atoms with Crippen molar-refractivity contribution in [2.24, 2.45) is 0 Å². The first-order valence-electron chi connectivity index (χ1n) is 6.52. The van der Waals surface area contributed by atoms with Gasteiger partial charge in [0, 0.05) is 19.1 Å². The Morgan fingerprint density at radius 2 is 1.95 bits per heavy atom. The van der Waals surface area contributed by atoms with E-state index in [0.717, 1.165) is 5.56 Å². The molecule has 1 atom stereocenters. The number of hydrogen-bond acceptors (Lipinski definition) is 6. The van der Waals surface area contributed by atoms with Gasteiger partial charge in [-0.05, 0) is 18.6 Å². The highest BCUT2D eigenvalue weighted by Gasteiger charge is 2.18. The van der Waals surface area contributed by atoms with Crippen LogP contribution in [0.3, 0.4) is 0 Å². The summed E-state index contributed by atoms with van der Waals surface area (Å²) in [6.45, 7) is 2.04. The summed E-state index contributed by atoms with van der Waals surface area (Å²) in [6.07, 6.45) is 0. The van der Waals surface area contributed by atoms with E-state index in [1.165, 1.54) is 7.11 Å². The molecule has 1 aromatic carbocycles. The van der Waals surface area contributed by atoms with E-state index in [-0.39, 0.29) is 12.1 Å². The van der Waals surface area contributed by atoms with Gasteiger partial charge in [0.05, 0.1) is 13.2 Å². The highest BCUT2D eigenvalue weighted by molar-refractivity contribution is 6.31. The molecule has 2 aromatic rings. The van der Waals surface area contributed by atoms with Gasteiger partial charge in [0.15, 0.2) is 0 Å². The van der Waals surface area contributed by atoms with Gasteiger partial charge in [0.2, 0.25) is 11.9 Å². The lowest BCUT2D eigenvalue weighted by Gasteiger charge is -2.26. The Morgan fingerprint density at radius 1 is 1.24 bits per heavy atom. The molecule has 1 N–H and O–H groups in total. The summed E-state index contributed by atoms with van der Waals surface area (Å²) in [5, 5.41) is 3.61. The van der Waals surface area contributed by atoms with E-state index >= 15 is 0 Å². The SMILES string of the molecule is CNc1nc(OC)nc(N(C)C(C)c2ccccc2Cl)n1. The average molecular weight is 308 g/mol. The molecular weight excluding hydrogens is 290 g/mol. The molecule has 6 nitrogen and oxygen atoms in total. The summed E-state index contributed by atoms with van der Waals surface area (Å²) in [6, 6.07) is 8.00. The highest BCUT2D eigenvalue weighted by atomic mass is 35.5. The fourth-order valence-corrected chi connectivity index (χ4v) is 2.20. The summed E-state index contributed by atoms with van der Waals surface area (Å²) in [4.78, 5) is 14.6. The molecule has 0 saturated heterocycles. The molecule has 2 rings (SSSR count). The number of aromatic nitrogens is 3. The zero-order chi connectivity index (χ0) is 15.4. The minimum atomic E-state index is 0.00973. The quantitative estimate of drug-likeness (QED) is 0.916. The summed E-state index contributed by atoms with van der Waals surface area (Å²) >= 11 is 6.25. The van der Waals surface area contributed by atoms with Crippen LogP contribution in [0.1, 0.15) is 18.5 Å². The molecule has 0 saturated carbocycles. The van der Waals surface area contributed by atoms with E-state index in [1.54, 1.807) is 7.05 Å². The van der Waals surface area contributed by atoms with Crippen LogP contribution < -0.4 is 15.0 Å². The van der Waals surface area contributed by atoms with Crippen molar-refractivity contribution < 1.29 is 4.74 Å². The highest BCUT2D eigenvalue weighted by Crippen LogP contribution is 2.28. The number of anilines is 2. The average Bonchev–Trinajstić information content (AvgIpc) is 2.53. The summed E-state index contributed by atoms with van der Waals surface area (Å²) in [7, 11) is 5.17. The molecule has 0 fully saturated rings. The van der Waals surface area contributed by atoms with Crippen LogP contribution >= 0.6 is 11.6 Å². The van der Waals surface area contributed by atoms with Crippen LogP contribution in [-0.2, 0) is 0 Å². The van der Waals surface area contributed by atoms with Crippen molar-refractivity contribution in [1.82, 2.24) is 15.0 Å². The second-order valence-electron chi connectivity index (χ2n) is 4.50. The maximum absolute atomic E-state index is 6.25. The van der Waals surface area contributed by atoms with Crippen molar-refractivity contribution in [2.45, 2.75) is 13.0 Å². The number of hydrogen-bond donors (Lipinski definition) is 1. The zero-order valence-corrected chi connectivity index (χ0v) is 13.2. The lowest BCUT2D eigenvalue weighted by molar-refractivity contribution is 0.378. The normalized spacial score (nSPS) is 11.9. The number of rotatable bonds is 5. The molecule has 0 bridgehead atoms. The van der Waals surface area contributed by atoms with E-state index in [9.17, 15) is 0 Å². The molecule has 21 heavy (non-hydrogen) atoms. The van der Waals surface area contributed by atoms with Gasteiger partial charge in [-0.25, -0.2) is 0 Å². The van der Waals surface area contributed by atoms with Gasteiger partial charge < -0.3 is 15.0 Å². The van der Waals surface area contributed by atoms with Crippen LogP contribution in [-0.4, -0.2) is 36.2 Å². The molecule has 1 aromatic heterocycles. The Kier molecular flexibility index (Phi) is 4.80. The van der Waals surface area contributed by atoms with Crippen molar-refractivity contribution in [3.63, 3.8) is 0 Å². The Morgan fingerprint density at radius 3 is 2.57 bits per heavy atom. The van der Waals surface area contributed by atoms with E-state index in [1.807, 2.05) is 43.1 Å². The van der Waals surface area contributed by atoms with Gasteiger partial charge in [-0.2, -0.15) is 15.0 Å². The molecule has 0 aliphatic rings. The second-order valence-corrected chi connectivity index (χ2v) is 4.91. The summed E-state index contributed by atoms with van der Waals surface area (Å²) in [5.74, 6) is 0.966. The van der Waals surface area contributed by atoms with Crippen molar-refractivity contribution in [3.05, 3.63) is 34.9 Å². The van der Waals surface area contributed by atoms with Crippen LogP contribution in [0.25, 0.3) is 0 Å². The van der Waals surface area contributed by atoms with Gasteiger partial charge in [-0.3, -0.25) is 0 Å². The third kappa shape index (κ3) is 3.33. The predicted octanol–water partition coefficient (Wildman–Crippen LogP) is 2.77. The fourth-order valence-electron chi connectivity index (χ4n) is 1.90. The van der Waals surface area contributed by atoms with E-state index < -0.39 is 0 Å². The Labute approximate surface area is 129 Å². The largest absolute Gasteiger partial charge is 0.467 e. The van der Waals surface area contributed by atoms with E-state index in [2.05, 4.69) is 20.3 Å². The molecule has 0 amide bonds. The van der Waals surface area contributed by atoms with Crippen molar-refractivity contribution in [3.8, 4) is 6.01 Å². The number of methoxy groups -OCH3 is 1. The van der Waals surface area contributed by atoms with Crippen LogP contribution in [0.4, 0.5) is 11.9 Å². The van der Waals surface area contributed by atoms with E-state index in [4.69, 9.17) is 16.3 Å². The molecular formula is C14H18ClN5O. The molecule has 1 unspecified atom stereocenters. The zero-order valence-electron chi connectivity index (χ0n) is 12.5. The molecule has 112 valence electrons. The van der Waals surface area contributed by atoms with Gasteiger partial charge in [-0.1, -0.05) is 29.8 Å². The van der Waals surface area contributed by atoms with Crippen LogP contribution in [0.2, 0.25) is 5.02 Å². The minimum Gasteiger partial charge on any atom is -0.467 e. The van der Waals surface area contributed by atoms with Gasteiger partial charge in [0.1, 0.15) is 0 Å². The molecule has 7 heteroatoms. The number of halogens is 1. The summed E-state index contributed by atoms with van der Waals surface area (Å²) in [5.41, 5.74) is 1.01. The predicted molar refractivity (Wildman–Crippen MR) is 84.2 cm³/mol. The van der Waals surface area contributed by atoms with Gasteiger partial charge >= 0.3 is 6.01 Å². The maximum Gasteiger partial charge on any atom is 0.322 e. The van der Waals surface area contributed by atoms with Crippen LogP contribution in [0.15, 0.2) is 24.3 Å². The number of ether oxygens (including phenoxy) is 1. The van der Waals surface area contributed by atoms with Crippen LogP contribution in [0.5, 0.6) is 6.01 Å². The summed E-state index contributed by atoms with van der Waals surface area (Å²) < 4.78 is 5.10. The maximum atomic E-state index is 6.25. The molecule has 0 aliphatic carbocycles. The molecule has 0 aliphatic heterocycles. The first-order chi connectivity index (χ1) is 10.1. The first kappa shape index (κ1) is 15.3. The third-order valence-corrected chi connectivity index (χ3v) is 3.61. The van der Waals surface area contributed by atoms with Crippen molar-refractivity contribution in [2.75, 3.05) is 31.4 Å². The smallest absolute Gasteiger partial charge is 0.322 e. The Balaban J connectivity index is 2.35. The van der Waals surface area contributed by atoms with Crippen molar-refractivity contribution in [1.29, 1.82) is 0 Å². The number of nitrogens with zero attached hydrogens (tertiary/aromatic N) is 4. The topological polar surface area (TPSA) is 63.2 Å². The molecule has 0 spiro atoms. The molecule has 1 heterocycles. The fraction of sp³-hybridized carbons (Fsp3) is 0.357. The number of nitrogens with one attached hydrogen (secondary N) is 1. The van der Waals surface area contributed by atoms with Gasteiger partial charge in [-0.15, -0.1) is 0 Å². The number of benzene rings is 1. The van der Waals surface area contributed by atoms with E-state index in [0.29, 0.717) is 16.9 Å².